The number of hydrogen-bond acceptors (Lipinski definition) is 2. The Kier molecular flexibility index (Phi) is 5.46. The lowest BCUT2D eigenvalue weighted by molar-refractivity contribution is -0.0106. The van der Waals surface area contributed by atoms with Crippen LogP contribution in [0.5, 0.6) is 5.75 Å². The fraction of sp³-hybridized carbons (Fsp3) is 0.520. The zero-order valence-electron chi connectivity index (χ0n) is 16.9. The number of aryl methyl sites for hydroxylation is 1. The summed E-state index contributed by atoms with van der Waals surface area (Å²) in [7, 11) is 0. The standard InChI is InChI=1S/C25H31NO.ClH/c1-18-5-7-19(8-6-18)11-14-26-15-13-25-12-3-2-4-22(25)24(26)16-20-9-10-21(27)17-23(20)25;/h5-10,17,22,24,27H,2-4,11-16H2,1H3;1H/t22-,24+,25+;/m0./s1. The second-order valence-electron chi connectivity index (χ2n) is 9.14. The highest BCUT2D eigenvalue weighted by Gasteiger charge is 2.53. The molecule has 0 aromatic heterocycles. The highest BCUT2D eigenvalue weighted by Crippen LogP contribution is 2.56. The molecule has 2 aromatic carbocycles. The summed E-state index contributed by atoms with van der Waals surface area (Å²) in [6.07, 6.45) is 8.98. The van der Waals surface area contributed by atoms with Crippen LogP contribution in [-0.2, 0) is 18.3 Å². The Morgan fingerprint density at radius 3 is 2.71 bits per heavy atom. The number of aromatic hydroxyl groups is 1. The number of likely N-dealkylation sites (tertiary alicyclic amines) is 1. The maximum absolute atomic E-state index is 10.1. The van der Waals surface area contributed by atoms with Crippen molar-refractivity contribution < 1.29 is 5.11 Å². The number of phenolic OH excluding ortho intramolecular Hbond substituents is 1. The lowest BCUT2D eigenvalue weighted by Gasteiger charge is -2.59. The van der Waals surface area contributed by atoms with Crippen LogP contribution in [0, 0.1) is 12.8 Å². The van der Waals surface area contributed by atoms with Crippen molar-refractivity contribution in [3.63, 3.8) is 0 Å². The summed E-state index contributed by atoms with van der Waals surface area (Å²) in [6.45, 7) is 4.55. The average Bonchev–Trinajstić information content (AvgIpc) is 2.69. The fourth-order valence-electron chi connectivity index (χ4n) is 6.38. The van der Waals surface area contributed by atoms with Crippen molar-refractivity contribution >= 4 is 12.4 Å². The van der Waals surface area contributed by atoms with Gasteiger partial charge in [0.1, 0.15) is 5.75 Å². The van der Waals surface area contributed by atoms with Gasteiger partial charge in [-0.2, -0.15) is 0 Å². The van der Waals surface area contributed by atoms with Crippen LogP contribution < -0.4 is 0 Å². The molecule has 2 bridgehead atoms. The van der Waals surface area contributed by atoms with E-state index in [4.69, 9.17) is 0 Å². The van der Waals surface area contributed by atoms with E-state index in [1.807, 2.05) is 6.07 Å². The molecule has 3 aliphatic rings. The van der Waals surface area contributed by atoms with E-state index in [-0.39, 0.29) is 12.4 Å². The topological polar surface area (TPSA) is 23.5 Å². The smallest absolute Gasteiger partial charge is 0.115 e. The molecule has 5 rings (SSSR count). The summed E-state index contributed by atoms with van der Waals surface area (Å²) in [5.41, 5.74) is 6.12. The normalized spacial score (nSPS) is 28.8. The molecule has 1 saturated heterocycles. The molecule has 3 atom stereocenters. The van der Waals surface area contributed by atoms with Crippen LogP contribution in [0.25, 0.3) is 0 Å². The summed E-state index contributed by atoms with van der Waals surface area (Å²) in [4.78, 5) is 2.80. The van der Waals surface area contributed by atoms with E-state index < -0.39 is 0 Å². The number of rotatable bonds is 3. The molecule has 1 heterocycles. The van der Waals surface area contributed by atoms with Crippen molar-refractivity contribution in [3.05, 3.63) is 64.7 Å². The molecule has 3 heteroatoms. The van der Waals surface area contributed by atoms with Gasteiger partial charge in [0.2, 0.25) is 0 Å². The molecule has 1 aliphatic heterocycles. The number of fused-ring (bicyclic) bond motifs is 1. The number of nitrogens with zero attached hydrogens (tertiary/aromatic N) is 1. The number of piperidine rings is 1. The number of benzene rings is 2. The van der Waals surface area contributed by atoms with Gasteiger partial charge in [-0.1, -0.05) is 48.7 Å². The zero-order valence-corrected chi connectivity index (χ0v) is 17.7. The van der Waals surface area contributed by atoms with E-state index in [2.05, 4.69) is 48.2 Å². The monoisotopic (exact) mass is 397 g/mol. The molecule has 0 radical (unpaired) electrons. The third-order valence-corrected chi connectivity index (χ3v) is 7.74. The number of hydrogen-bond donors (Lipinski definition) is 1. The SMILES string of the molecule is Cc1ccc(CCN2CC[C@]34CCCC[C@H]3[C@H]2Cc2ccc(O)cc24)cc1.Cl. The maximum atomic E-state index is 10.1. The van der Waals surface area contributed by atoms with Gasteiger partial charge in [-0.25, -0.2) is 0 Å². The molecule has 0 amide bonds. The molecular formula is C25H32ClNO. The first-order chi connectivity index (χ1) is 13.2. The zero-order chi connectivity index (χ0) is 18.4. The number of halogens is 1. The first-order valence-corrected chi connectivity index (χ1v) is 10.8. The van der Waals surface area contributed by atoms with E-state index in [1.165, 1.54) is 67.4 Å². The molecule has 28 heavy (non-hydrogen) atoms. The van der Waals surface area contributed by atoms with Gasteiger partial charge in [-0.05, 0) is 80.3 Å². The Labute approximate surface area is 175 Å². The van der Waals surface area contributed by atoms with E-state index in [0.717, 1.165) is 18.8 Å². The molecule has 150 valence electrons. The quantitative estimate of drug-likeness (QED) is 0.747. The van der Waals surface area contributed by atoms with Gasteiger partial charge >= 0.3 is 0 Å². The third kappa shape index (κ3) is 3.25. The van der Waals surface area contributed by atoms with Crippen molar-refractivity contribution in [1.29, 1.82) is 0 Å². The molecule has 2 aromatic rings. The molecule has 2 fully saturated rings. The van der Waals surface area contributed by atoms with Crippen molar-refractivity contribution in [3.8, 4) is 5.75 Å². The van der Waals surface area contributed by atoms with E-state index in [0.29, 0.717) is 17.2 Å². The molecular weight excluding hydrogens is 366 g/mol. The summed E-state index contributed by atoms with van der Waals surface area (Å²) >= 11 is 0. The van der Waals surface area contributed by atoms with Crippen LogP contribution >= 0.6 is 12.4 Å². The van der Waals surface area contributed by atoms with Gasteiger partial charge in [0.15, 0.2) is 0 Å². The van der Waals surface area contributed by atoms with Gasteiger partial charge in [-0.3, -0.25) is 4.90 Å². The Morgan fingerprint density at radius 2 is 1.89 bits per heavy atom. The maximum Gasteiger partial charge on any atom is 0.115 e. The average molecular weight is 398 g/mol. The molecule has 2 aliphatic carbocycles. The van der Waals surface area contributed by atoms with Crippen LogP contribution in [0.15, 0.2) is 42.5 Å². The van der Waals surface area contributed by atoms with Crippen molar-refractivity contribution in [2.24, 2.45) is 5.92 Å². The largest absolute Gasteiger partial charge is 0.508 e. The Morgan fingerprint density at radius 1 is 1.07 bits per heavy atom. The van der Waals surface area contributed by atoms with Crippen LogP contribution in [0.2, 0.25) is 0 Å². The molecule has 2 nitrogen and oxygen atoms in total. The minimum Gasteiger partial charge on any atom is -0.508 e. The second kappa shape index (κ2) is 7.72. The minimum atomic E-state index is 0. The number of phenols is 1. The fourth-order valence-corrected chi connectivity index (χ4v) is 6.38. The molecule has 1 saturated carbocycles. The van der Waals surface area contributed by atoms with Gasteiger partial charge in [0.25, 0.3) is 0 Å². The van der Waals surface area contributed by atoms with Crippen LogP contribution in [-0.4, -0.2) is 29.1 Å². The van der Waals surface area contributed by atoms with Crippen molar-refractivity contribution in [2.75, 3.05) is 13.1 Å². The van der Waals surface area contributed by atoms with Gasteiger partial charge in [0.05, 0.1) is 0 Å². The van der Waals surface area contributed by atoms with Crippen molar-refractivity contribution in [1.82, 2.24) is 4.90 Å². The summed E-state index contributed by atoms with van der Waals surface area (Å²) < 4.78 is 0. The highest BCUT2D eigenvalue weighted by atomic mass is 35.5. The lowest BCUT2D eigenvalue weighted by atomic mass is 9.52. The van der Waals surface area contributed by atoms with Gasteiger partial charge < -0.3 is 5.11 Å². The Hall–Kier alpha value is -1.51. The summed E-state index contributed by atoms with van der Waals surface area (Å²) in [5, 5.41) is 10.1. The predicted octanol–water partition coefficient (Wildman–Crippen LogP) is 5.42. The molecule has 0 unspecified atom stereocenters. The third-order valence-electron chi connectivity index (χ3n) is 7.74. The minimum absolute atomic E-state index is 0. The highest BCUT2D eigenvalue weighted by molar-refractivity contribution is 5.85. The van der Waals surface area contributed by atoms with E-state index >= 15 is 0 Å². The second-order valence-corrected chi connectivity index (χ2v) is 9.14. The lowest BCUT2D eigenvalue weighted by Crippen LogP contribution is -2.61. The summed E-state index contributed by atoms with van der Waals surface area (Å²) in [5.74, 6) is 1.22. The summed E-state index contributed by atoms with van der Waals surface area (Å²) in [6, 6.07) is 15.9. The first-order valence-electron chi connectivity index (χ1n) is 10.8. The van der Waals surface area contributed by atoms with Crippen LogP contribution in [0.3, 0.4) is 0 Å². The Balaban J connectivity index is 0.00000192. The molecule has 1 N–H and O–H groups in total. The molecule has 0 spiro atoms. The van der Waals surface area contributed by atoms with E-state index in [1.54, 1.807) is 0 Å². The first kappa shape index (κ1) is 19.8. The Bertz CT molecular complexity index is 833. The van der Waals surface area contributed by atoms with Gasteiger partial charge in [0, 0.05) is 18.0 Å². The van der Waals surface area contributed by atoms with Crippen LogP contribution in [0.1, 0.15) is 54.4 Å². The van der Waals surface area contributed by atoms with Gasteiger partial charge in [-0.15, -0.1) is 12.4 Å². The van der Waals surface area contributed by atoms with Crippen molar-refractivity contribution in [2.45, 2.75) is 63.3 Å². The predicted molar refractivity (Wildman–Crippen MR) is 118 cm³/mol. The van der Waals surface area contributed by atoms with E-state index in [9.17, 15) is 5.11 Å². The van der Waals surface area contributed by atoms with Crippen LogP contribution in [0.4, 0.5) is 0 Å².